The number of nitrogens with one attached hydrogen (secondary N) is 2. The van der Waals surface area contributed by atoms with Crippen molar-refractivity contribution in [2.45, 2.75) is 58.3 Å². The minimum atomic E-state index is 0.0773. The maximum atomic E-state index is 10.6. The lowest BCUT2D eigenvalue weighted by Crippen LogP contribution is -2.22. The molecule has 0 saturated carbocycles. The van der Waals surface area contributed by atoms with Crippen LogP contribution in [0.4, 0.5) is 0 Å². The molecule has 16 heavy (non-hydrogen) atoms. The summed E-state index contributed by atoms with van der Waals surface area (Å²) in [5, 5.41) is 2.81. The lowest BCUT2D eigenvalue weighted by molar-refractivity contribution is -0.118. The van der Waals surface area contributed by atoms with E-state index < -0.39 is 0 Å². The highest BCUT2D eigenvalue weighted by molar-refractivity contribution is 5.72. The van der Waals surface area contributed by atoms with Gasteiger partial charge in [-0.3, -0.25) is 16.1 Å². The smallest absolute Gasteiger partial charge is 0.216 e. The van der Waals surface area contributed by atoms with Crippen LogP contribution in [0.5, 0.6) is 0 Å². The average molecular weight is 229 g/mol. The first-order valence-corrected chi connectivity index (χ1v) is 6.45. The molecule has 0 aliphatic rings. The highest BCUT2D eigenvalue weighted by Crippen LogP contribution is 2.07. The van der Waals surface area contributed by atoms with Gasteiger partial charge in [-0.25, -0.2) is 0 Å². The molecule has 0 aliphatic carbocycles. The molecule has 4 heteroatoms. The third-order valence-corrected chi connectivity index (χ3v) is 2.62. The molecule has 0 heterocycles. The Balaban J connectivity index is 2.90. The monoisotopic (exact) mass is 229 g/mol. The first kappa shape index (κ1) is 15.4. The summed E-state index contributed by atoms with van der Waals surface area (Å²) in [6, 6.07) is 0. The van der Waals surface area contributed by atoms with E-state index in [4.69, 9.17) is 5.84 Å². The van der Waals surface area contributed by atoms with E-state index in [1.807, 2.05) is 0 Å². The molecular weight excluding hydrogens is 202 g/mol. The van der Waals surface area contributed by atoms with E-state index in [1.54, 1.807) is 6.92 Å². The van der Waals surface area contributed by atoms with Crippen LogP contribution in [-0.4, -0.2) is 19.0 Å². The Hall–Kier alpha value is -0.610. The van der Waals surface area contributed by atoms with Gasteiger partial charge in [-0.15, -0.1) is 0 Å². The van der Waals surface area contributed by atoms with Crippen LogP contribution in [0.2, 0.25) is 0 Å². The minimum absolute atomic E-state index is 0.0773. The Labute approximate surface area is 99.3 Å². The largest absolute Gasteiger partial charge is 0.356 e. The predicted octanol–water partition coefficient (Wildman–Crippen LogP) is 1.71. The van der Waals surface area contributed by atoms with Gasteiger partial charge < -0.3 is 5.32 Å². The topological polar surface area (TPSA) is 67.2 Å². The van der Waals surface area contributed by atoms with Crippen LogP contribution in [-0.2, 0) is 4.79 Å². The molecule has 1 amide bonds. The Morgan fingerprint density at radius 1 is 0.875 bits per heavy atom. The average Bonchev–Trinajstić information content (AvgIpc) is 2.25. The van der Waals surface area contributed by atoms with Crippen LogP contribution in [0.25, 0.3) is 0 Å². The molecule has 0 saturated heterocycles. The van der Waals surface area contributed by atoms with Gasteiger partial charge in [-0.2, -0.15) is 0 Å². The van der Waals surface area contributed by atoms with Crippen molar-refractivity contribution in [3.8, 4) is 0 Å². The molecule has 0 aliphatic heterocycles. The molecule has 0 aromatic heterocycles. The summed E-state index contributed by atoms with van der Waals surface area (Å²) >= 11 is 0. The van der Waals surface area contributed by atoms with Gasteiger partial charge in [0.15, 0.2) is 0 Å². The van der Waals surface area contributed by atoms with E-state index in [9.17, 15) is 4.79 Å². The number of hydrazine groups is 1. The minimum Gasteiger partial charge on any atom is -0.356 e. The molecule has 96 valence electrons. The Bertz CT molecular complexity index is 162. The lowest BCUT2D eigenvalue weighted by Gasteiger charge is -2.03. The molecule has 0 unspecified atom stereocenters. The zero-order chi connectivity index (χ0) is 12.1. The van der Waals surface area contributed by atoms with Gasteiger partial charge in [0, 0.05) is 20.0 Å². The number of hydrogen-bond acceptors (Lipinski definition) is 3. The van der Waals surface area contributed by atoms with Crippen LogP contribution in [0.15, 0.2) is 0 Å². The number of carbonyl (C=O) groups is 1. The second-order valence-corrected chi connectivity index (χ2v) is 4.27. The highest BCUT2D eigenvalue weighted by atomic mass is 16.1. The fourth-order valence-corrected chi connectivity index (χ4v) is 1.68. The molecule has 0 radical (unpaired) electrons. The van der Waals surface area contributed by atoms with Crippen LogP contribution >= 0.6 is 0 Å². The molecule has 0 rings (SSSR count). The van der Waals surface area contributed by atoms with Crippen molar-refractivity contribution >= 4 is 5.91 Å². The van der Waals surface area contributed by atoms with Crippen LogP contribution in [0.1, 0.15) is 58.3 Å². The number of amides is 1. The van der Waals surface area contributed by atoms with Gasteiger partial charge in [-0.05, 0) is 12.8 Å². The molecule has 0 atom stereocenters. The number of rotatable bonds is 11. The maximum absolute atomic E-state index is 10.6. The first-order chi connectivity index (χ1) is 7.77. The Kier molecular flexibility index (Phi) is 12.0. The normalized spacial score (nSPS) is 10.4. The van der Waals surface area contributed by atoms with E-state index in [0.717, 1.165) is 19.5 Å². The number of nitrogens with two attached hydrogens (primary N) is 1. The van der Waals surface area contributed by atoms with E-state index in [2.05, 4.69) is 10.7 Å². The molecule has 0 fully saturated rings. The standard InChI is InChI=1S/C12H27N3O/c1-12(16)14-10-8-6-4-2-3-5-7-9-11-15-13/h15H,2-11,13H2,1H3,(H,14,16). The number of unbranched alkanes of at least 4 members (excludes halogenated alkanes) is 7. The van der Waals surface area contributed by atoms with Crippen molar-refractivity contribution in [2.24, 2.45) is 5.84 Å². The van der Waals surface area contributed by atoms with Gasteiger partial charge >= 0.3 is 0 Å². The van der Waals surface area contributed by atoms with Crippen molar-refractivity contribution in [3.05, 3.63) is 0 Å². The van der Waals surface area contributed by atoms with Crippen LogP contribution in [0, 0.1) is 0 Å². The molecule has 0 spiro atoms. The molecule has 4 N–H and O–H groups in total. The highest BCUT2D eigenvalue weighted by Gasteiger charge is 1.93. The predicted molar refractivity (Wildman–Crippen MR) is 67.8 cm³/mol. The summed E-state index contributed by atoms with van der Waals surface area (Å²) in [4.78, 5) is 10.6. The third kappa shape index (κ3) is 13.4. The number of carbonyl (C=O) groups excluding carboxylic acids is 1. The summed E-state index contributed by atoms with van der Waals surface area (Å²) in [6.45, 7) is 3.32. The zero-order valence-corrected chi connectivity index (χ0v) is 10.6. The quantitative estimate of drug-likeness (QED) is 0.287. The number of hydrogen-bond donors (Lipinski definition) is 3. The summed E-state index contributed by atoms with van der Waals surface area (Å²) in [6.07, 6.45) is 10.0. The van der Waals surface area contributed by atoms with E-state index in [-0.39, 0.29) is 5.91 Å². The molecular formula is C12H27N3O. The lowest BCUT2D eigenvalue weighted by atomic mass is 10.1. The fourth-order valence-electron chi connectivity index (χ4n) is 1.68. The van der Waals surface area contributed by atoms with E-state index in [0.29, 0.717) is 0 Å². The van der Waals surface area contributed by atoms with Crippen molar-refractivity contribution in [1.29, 1.82) is 0 Å². The molecule has 0 aromatic rings. The van der Waals surface area contributed by atoms with Gasteiger partial charge in [0.05, 0.1) is 0 Å². The van der Waals surface area contributed by atoms with Gasteiger partial charge in [0.1, 0.15) is 0 Å². The van der Waals surface area contributed by atoms with Crippen molar-refractivity contribution < 1.29 is 4.79 Å². The van der Waals surface area contributed by atoms with Crippen LogP contribution in [0.3, 0.4) is 0 Å². The second-order valence-electron chi connectivity index (χ2n) is 4.27. The van der Waals surface area contributed by atoms with Gasteiger partial charge in [0.2, 0.25) is 5.91 Å². The van der Waals surface area contributed by atoms with Crippen molar-refractivity contribution in [1.82, 2.24) is 10.7 Å². The van der Waals surface area contributed by atoms with Crippen molar-refractivity contribution in [3.63, 3.8) is 0 Å². The van der Waals surface area contributed by atoms with Crippen LogP contribution < -0.4 is 16.6 Å². The Morgan fingerprint density at radius 3 is 1.75 bits per heavy atom. The summed E-state index contributed by atoms with van der Waals surface area (Å²) in [7, 11) is 0. The zero-order valence-electron chi connectivity index (χ0n) is 10.6. The SMILES string of the molecule is CC(=O)NCCCCCCCCCCNN. The summed E-state index contributed by atoms with van der Waals surface area (Å²) in [5.74, 6) is 5.26. The van der Waals surface area contributed by atoms with E-state index >= 15 is 0 Å². The van der Waals surface area contributed by atoms with Gasteiger partial charge in [-0.1, -0.05) is 38.5 Å². The molecule has 4 nitrogen and oxygen atoms in total. The third-order valence-electron chi connectivity index (χ3n) is 2.62. The second kappa shape index (κ2) is 12.5. The van der Waals surface area contributed by atoms with Gasteiger partial charge in [0.25, 0.3) is 0 Å². The fraction of sp³-hybridized carbons (Fsp3) is 0.917. The molecule has 0 aromatic carbocycles. The molecule has 0 bridgehead atoms. The van der Waals surface area contributed by atoms with Crippen molar-refractivity contribution in [2.75, 3.05) is 13.1 Å². The summed E-state index contributed by atoms with van der Waals surface area (Å²) < 4.78 is 0. The maximum Gasteiger partial charge on any atom is 0.216 e. The summed E-state index contributed by atoms with van der Waals surface area (Å²) in [5.41, 5.74) is 2.67. The van der Waals surface area contributed by atoms with E-state index in [1.165, 1.54) is 44.9 Å². The Morgan fingerprint density at radius 2 is 1.31 bits per heavy atom. The first-order valence-electron chi connectivity index (χ1n) is 6.45.